The standard InChI is InChI=1S/C13H19N3O/c1-8(9-3-4-9)16(2)13(17)12-7-11(14-15-12)10-5-6-10/h7-10H,3-6H2,1-2H3,(H,14,15)/t8-/m0/s1. The molecular formula is C13H19N3O. The first-order chi connectivity index (χ1) is 8.16. The van der Waals surface area contributed by atoms with Crippen LogP contribution >= 0.6 is 0 Å². The molecule has 0 aliphatic heterocycles. The van der Waals surface area contributed by atoms with E-state index in [0.717, 1.165) is 5.69 Å². The van der Waals surface area contributed by atoms with Gasteiger partial charge in [-0.25, -0.2) is 0 Å². The van der Waals surface area contributed by atoms with Gasteiger partial charge in [-0.15, -0.1) is 0 Å². The first-order valence-corrected chi connectivity index (χ1v) is 6.49. The fourth-order valence-corrected chi connectivity index (χ4v) is 2.31. The van der Waals surface area contributed by atoms with E-state index >= 15 is 0 Å². The van der Waals surface area contributed by atoms with Crippen molar-refractivity contribution in [2.45, 2.75) is 44.6 Å². The maximum atomic E-state index is 12.2. The molecule has 0 bridgehead atoms. The lowest BCUT2D eigenvalue weighted by atomic mass is 10.2. The zero-order chi connectivity index (χ0) is 12.0. The molecule has 92 valence electrons. The van der Waals surface area contributed by atoms with Crippen molar-refractivity contribution < 1.29 is 4.79 Å². The van der Waals surface area contributed by atoms with Crippen LogP contribution in [-0.4, -0.2) is 34.1 Å². The Morgan fingerprint density at radius 1 is 1.47 bits per heavy atom. The average molecular weight is 233 g/mol. The summed E-state index contributed by atoms with van der Waals surface area (Å²) in [7, 11) is 1.89. The number of H-pyrrole nitrogens is 1. The molecule has 17 heavy (non-hydrogen) atoms. The third kappa shape index (κ3) is 2.08. The highest BCUT2D eigenvalue weighted by molar-refractivity contribution is 5.92. The molecule has 2 fully saturated rings. The number of carbonyl (C=O) groups is 1. The highest BCUT2D eigenvalue weighted by Crippen LogP contribution is 2.39. The van der Waals surface area contributed by atoms with E-state index in [-0.39, 0.29) is 5.91 Å². The van der Waals surface area contributed by atoms with E-state index in [4.69, 9.17) is 0 Å². The van der Waals surface area contributed by atoms with Crippen LogP contribution in [0.3, 0.4) is 0 Å². The second kappa shape index (κ2) is 3.86. The van der Waals surface area contributed by atoms with E-state index in [2.05, 4.69) is 17.1 Å². The molecule has 2 saturated carbocycles. The molecular weight excluding hydrogens is 214 g/mol. The van der Waals surface area contributed by atoms with Crippen LogP contribution in [0, 0.1) is 5.92 Å². The number of aromatic nitrogens is 2. The Hall–Kier alpha value is -1.32. The summed E-state index contributed by atoms with van der Waals surface area (Å²) in [5.74, 6) is 1.37. The Morgan fingerprint density at radius 3 is 2.76 bits per heavy atom. The molecule has 1 aromatic heterocycles. The van der Waals surface area contributed by atoms with Gasteiger partial charge in [0.05, 0.1) is 0 Å². The molecule has 0 spiro atoms. The van der Waals surface area contributed by atoms with Crippen molar-refractivity contribution >= 4 is 5.91 Å². The van der Waals surface area contributed by atoms with Crippen LogP contribution in [-0.2, 0) is 0 Å². The van der Waals surface area contributed by atoms with Gasteiger partial charge in [-0.1, -0.05) is 0 Å². The minimum absolute atomic E-state index is 0.0487. The molecule has 1 heterocycles. The van der Waals surface area contributed by atoms with Crippen molar-refractivity contribution in [3.63, 3.8) is 0 Å². The van der Waals surface area contributed by atoms with Crippen molar-refractivity contribution in [3.05, 3.63) is 17.5 Å². The van der Waals surface area contributed by atoms with E-state index in [1.807, 2.05) is 18.0 Å². The van der Waals surface area contributed by atoms with Gasteiger partial charge < -0.3 is 4.90 Å². The summed E-state index contributed by atoms with van der Waals surface area (Å²) in [6.07, 6.45) is 4.97. The summed E-state index contributed by atoms with van der Waals surface area (Å²) >= 11 is 0. The van der Waals surface area contributed by atoms with E-state index < -0.39 is 0 Å². The highest BCUT2D eigenvalue weighted by Gasteiger charge is 2.34. The van der Waals surface area contributed by atoms with Gasteiger partial charge >= 0.3 is 0 Å². The third-order valence-corrected chi connectivity index (χ3v) is 4.07. The lowest BCUT2D eigenvalue weighted by Gasteiger charge is -2.23. The minimum atomic E-state index is 0.0487. The third-order valence-electron chi connectivity index (χ3n) is 4.07. The largest absolute Gasteiger partial charge is 0.337 e. The van der Waals surface area contributed by atoms with Gasteiger partial charge in [-0.05, 0) is 44.6 Å². The van der Waals surface area contributed by atoms with E-state index in [0.29, 0.717) is 23.6 Å². The number of aromatic amines is 1. The maximum Gasteiger partial charge on any atom is 0.274 e. The fourth-order valence-electron chi connectivity index (χ4n) is 2.31. The lowest BCUT2D eigenvalue weighted by molar-refractivity contribution is 0.0721. The van der Waals surface area contributed by atoms with Gasteiger partial charge in [0.2, 0.25) is 0 Å². The molecule has 2 aliphatic rings. The predicted molar refractivity (Wildman–Crippen MR) is 64.8 cm³/mol. The predicted octanol–water partition coefficient (Wildman–Crippen LogP) is 2.16. The number of hydrogen-bond donors (Lipinski definition) is 1. The van der Waals surface area contributed by atoms with E-state index in [1.54, 1.807) is 0 Å². The molecule has 1 amide bonds. The second-order valence-corrected chi connectivity index (χ2v) is 5.48. The number of rotatable bonds is 4. The minimum Gasteiger partial charge on any atom is -0.337 e. The molecule has 0 radical (unpaired) electrons. The van der Waals surface area contributed by atoms with E-state index in [9.17, 15) is 4.79 Å². The van der Waals surface area contributed by atoms with Crippen LogP contribution in [0.5, 0.6) is 0 Å². The molecule has 0 aromatic carbocycles. The van der Waals surface area contributed by atoms with Gasteiger partial charge in [-0.2, -0.15) is 5.10 Å². The molecule has 1 atom stereocenters. The number of nitrogens with one attached hydrogen (secondary N) is 1. The normalized spacial score (nSPS) is 21.3. The Labute approximate surface area is 101 Å². The van der Waals surface area contributed by atoms with Crippen LogP contribution in [0.15, 0.2) is 6.07 Å². The molecule has 2 aliphatic carbocycles. The number of carbonyl (C=O) groups excluding carboxylic acids is 1. The van der Waals surface area contributed by atoms with Gasteiger partial charge in [0.15, 0.2) is 0 Å². The number of amides is 1. The van der Waals surface area contributed by atoms with Crippen molar-refractivity contribution in [3.8, 4) is 0 Å². The second-order valence-electron chi connectivity index (χ2n) is 5.48. The maximum absolute atomic E-state index is 12.2. The Kier molecular flexibility index (Phi) is 2.45. The van der Waals surface area contributed by atoms with Crippen LogP contribution < -0.4 is 0 Å². The monoisotopic (exact) mass is 233 g/mol. The Balaban J connectivity index is 1.70. The van der Waals surface area contributed by atoms with Crippen molar-refractivity contribution in [1.82, 2.24) is 15.1 Å². The molecule has 0 unspecified atom stereocenters. The SMILES string of the molecule is C[C@@H](C1CC1)N(C)C(=O)c1cc(C2CC2)[nH]n1. The molecule has 4 nitrogen and oxygen atoms in total. The summed E-state index contributed by atoms with van der Waals surface area (Å²) < 4.78 is 0. The quantitative estimate of drug-likeness (QED) is 0.866. The number of hydrogen-bond acceptors (Lipinski definition) is 2. The van der Waals surface area contributed by atoms with Gasteiger partial charge in [-0.3, -0.25) is 9.89 Å². The Morgan fingerprint density at radius 2 is 2.18 bits per heavy atom. The van der Waals surface area contributed by atoms with Gasteiger partial charge in [0.1, 0.15) is 5.69 Å². The molecule has 1 N–H and O–H groups in total. The van der Waals surface area contributed by atoms with Crippen molar-refractivity contribution in [2.24, 2.45) is 5.92 Å². The van der Waals surface area contributed by atoms with Crippen LogP contribution in [0.4, 0.5) is 0 Å². The first-order valence-electron chi connectivity index (χ1n) is 6.49. The molecule has 3 rings (SSSR count). The number of nitrogens with zero attached hydrogens (tertiary/aromatic N) is 2. The fraction of sp³-hybridized carbons (Fsp3) is 0.692. The highest BCUT2D eigenvalue weighted by atomic mass is 16.2. The smallest absolute Gasteiger partial charge is 0.274 e. The Bertz CT molecular complexity index is 432. The average Bonchev–Trinajstić information content (AvgIpc) is 3.24. The zero-order valence-corrected chi connectivity index (χ0v) is 10.4. The van der Waals surface area contributed by atoms with Crippen molar-refractivity contribution in [1.29, 1.82) is 0 Å². The topological polar surface area (TPSA) is 49.0 Å². The van der Waals surface area contributed by atoms with Gasteiger partial charge in [0.25, 0.3) is 5.91 Å². The summed E-state index contributed by atoms with van der Waals surface area (Å²) in [6, 6.07) is 2.26. The van der Waals surface area contributed by atoms with Crippen LogP contribution in [0.1, 0.15) is 54.7 Å². The molecule has 0 saturated heterocycles. The summed E-state index contributed by atoms with van der Waals surface area (Å²) in [6.45, 7) is 2.13. The summed E-state index contributed by atoms with van der Waals surface area (Å²) in [5, 5.41) is 7.13. The van der Waals surface area contributed by atoms with E-state index in [1.165, 1.54) is 25.7 Å². The lowest BCUT2D eigenvalue weighted by Crippen LogP contribution is -2.36. The molecule has 4 heteroatoms. The summed E-state index contributed by atoms with van der Waals surface area (Å²) in [4.78, 5) is 14.1. The zero-order valence-electron chi connectivity index (χ0n) is 10.4. The summed E-state index contributed by atoms with van der Waals surface area (Å²) in [5.41, 5.74) is 1.70. The van der Waals surface area contributed by atoms with Crippen LogP contribution in [0.25, 0.3) is 0 Å². The van der Waals surface area contributed by atoms with Crippen LogP contribution in [0.2, 0.25) is 0 Å². The first kappa shape index (κ1) is 10.8. The van der Waals surface area contributed by atoms with Crippen molar-refractivity contribution in [2.75, 3.05) is 7.05 Å². The molecule has 1 aromatic rings. The van der Waals surface area contributed by atoms with Gasteiger partial charge in [0, 0.05) is 24.7 Å².